The van der Waals surface area contributed by atoms with E-state index in [9.17, 15) is 19.1 Å². The molecule has 0 radical (unpaired) electrons. The third-order valence-corrected chi connectivity index (χ3v) is 9.37. The normalized spacial score (nSPS) is 14.9. The number of pyridine rings is 3. The number of rotatable bonds is 6. The van der Waals surface area contributed by atoms with Crippen molar-refractivity contribution in [3.8, 4) is 11.1 Å². The summed E-state index contributed by atoms with van der Waals surface area (Å²) in [6.07, 6.45) is 3.67. The number of carbonyl (C=O) groups excluding carboxylic acids is 1. The Balaban J connectivity index is 1.38. The predicted molar refractivity (Wildman–Crippen MR) is 181 cm³/mol. The Morgan fingerprint density at radius 3 is 2.43 bits per heavy atom. The van der Waals surface area contributed by atoms with E-state index >= 15 is 0 Å². The second-order valence-electron chi connectivity index (χ2n) is 13.1. The molecule has 47 heavy (non-hydrogen) atoms. The molecule has 5 aromatic rings. The van der Waals surface area contributed by atoms with Crippen molar-refractivity contribution in [2.75, 3.05) is 24.5 Å². The lowest BCUT2D eigenvalue weighted by molar-refractivity contribution is 0.0507. The monoisotopic (exact) mass is 654 g/mol. The summed E-state index contributed by atoms with van der Waals surface area (Å²) in [4.78, 5) is 44.0. The van der Waals surface area contributed by atoms with Crippen molar-refractivity contribution >= 4 is 40.3 Å². The van der Waals surface area contributed by atoms with Crippen LogP contribution in [0, 0.1) is 19.7 Å². The van der Waals surface area contributed by atoms with Crippen molar-refractivity contribution in [2.45, 2.75) is 52.6 Å². The maximum atomic E-state index is 14.6. The first-order valence-corrected chi connectivity index (χ1v) is 15.7. The molecule has 1 amide bonds. The SMILES string of the molecule is Cc1cc(N2CCN(C(=O)c3ccc4c(-c5ccc(Cl)c(F)c5)cn(C(C)(C)c5ccccn5)c4n3)C(C)(C)C2)nc(C)c1C(=O)O. The van der Waals surface area contributed by atoms with E-state index in [2.05, 4.69) is 14.9 Å². The molecule has 0 saturated carbocycles. The number of carboxylic acids is 1. The lowest BCUT2D eigenvalue weighted by Gasteiger charge is -2.47. The van der Waals surface area contributed by atoms with E-state index in [1.165, 1.54) is 12.1 Å². The van der Waals surface area contributed by atoms with Gasteiger partial charge in [0.05, 0.1) is 33.1 Å². The fourth-order valence-electron chi connectivity index (χ4n) is 6.55. The third kappa shape index (κ3) is 5.71. The highest BCUT2D eigenvalue weighted by atomic mass is 35.5. The Morgan fingerprint density at radius 1 is 1.02 bits per heavy atom. The van der Waals surface area contributed by atoms with Crippen LogP contribution in [0.15, 0.2) is 67.0 Å². The topological polar surface area (TPSA) is 104 Å². The number of nitrogens with zero attached hydrogens (tertiary/aromatic N) is 6. The van der Waals surface area contributed by atoms with E-state index in [0.29, 0.717) is 53.6 Å². The fraction of sp³-hybridized carbons (Fsp3) is 0.306. The highest BCUT2D eigenvalue weighted by molar-refractivity contribution is 6.30. The lowest BCUT2D eigenvalue weighted by atomic mass is 9.97. The van der Waals surface area contributed by atoms with Gasteiger partial charge in [0, 0.05) is 43.0 Å². The van der Waals surface area contributed by atoms with Gasteiger partial charge in [-0.15, -0.1) is 0 Å². The first kappa shape index (κ1) is 32.1. The maximum absolute atomic E-state index is 14.6. The number of aromatic nitrogens is 4. The van der Waals surface area contributed by atoms with Crippen LogP contribution in [0.2, 0.25) is 5.02 Å². The molecule has 4 aromatic heterocycles. The number of anilines is 1. The molecule has 0 unspecified atom stereocenters. The average molecular weight is 655 g/mol. The summed E-state index contributed by atoms with van der Waals surface area (Å²) >= 11 is 6.00. The molecule has 0 spiro atoms. The van der Waals surface area contributed by atoms with Gasteiger partial charge in [0.2, 0.25) is 0 Å². The smallest absolute Gasteiger partial charge is 0.337 e. The standard InChI is InChI=1S/C36H36ClFN6O3/c1-21-17-30(40-22(2)31(21)34(46)47)42-15-16-43(35(3,4)20-42)33(45)28-13-11-24-25(23-10-12-26(37)27(38)18-23)19-44(32(24)41-28)36(5,6)29-9-7-8-14-39-29/h7-14,17-19H,15-16,20H2,1-6H3,(H,46,47). The van der Waals surface area contributed by atoms with Crippen molar-refractivity contribution < 1.29 is 19.1 Å². The Kier molecular flexibility index (Phi) is 8.04. The van der Waals surface area contributed by atoms with Crippen LogP contribution in [0.1, 0.15) is 65.5 Å². The van der Waals surface area contributed by atoms with E-state index < -0.39 is 22.9 Å². The highest BCUT2D eigenvalue weighted by Gasteiger charge is 2.39. The van der Waals surface area contributed by atoms with Gasteiger partial charge in [0.15, 0.2) is 0 Å². The van der Waals surface area contributed by atoms with E-state index in [1.807, 2.05) is 67.6 Å². The molecule has 1 N–H and O–H groups in total. The molecule has 1 aliphatic heterocycles. The van der Waals surface area contributed by atoms with Crippen molar-refractivity contribution in [2.24, 2.45) is 0 Å². The molecular weight excluding hydrogens is 619 g/mol. The number of fused-ring (bicyclic) bond motifs is 1. The van der Waals surface area contributed by atoms with Crippen molar-refractivity contribution in [3.05, 3.63) is 106 Å². The minimum Gasteiger partial charge on any atom is -0.478 e. The van der Waals surface area contributed by atoms with E-state index in [0.717, 1.165) is 16.6 Å². The number of carboxylic acid groups (broad SMARTS) is 1. The molecule has 11 heteroatoms. The molecule has 1 fully saturated rings. The molecule has 0 atom stereocenters. The Bertz CT molecular complexity index is 2020. The van der Waals surface area contributed by atoms with Gasteiger partial charge in [0.25, 0.3) is 5.91 Å². The summed E-state index contributed by atoms with van der Waals surface area (Å²) in [5.41, 5.74) is 3.12. The van der Waals surface area contributed by atoms with Gasteiger partial charge in [-0.3, -0.25) is 9.78 Å². The van der Waals surface area contributed by atoms with E-state index in [1.54, 1.807) is 38.2 Å². The zero-order chi connectivity index (χ0) is 33.8. The molecule has 1 saturated heterocycles. The first-order chi connectivity index (χ1) is 22.2. The summed E-state index contributed by atoms with van der Waals surface area (Å²) in [5.74, 6) is -1.04. The number of carbonyl (C=O) groups is 2. The average Bonchev–Trinajstić information content (AvgIpc) is 3.41. The van der Waals surface area contributed by atoms with Gasteiger partial charge in [0.1, 0.15) is 23.0 Å². The fourth-order valence-corrected chi connectivity index (χ4v) is 6.67. The first-order valence-electron chi connectivity index (χ1n) is 15.4. The molecule has 0 aliphatic carbocycles. The largest absolute Gasteiger partial charge is 0.478 e. The van der Waals surface area contributed by atoms with Crippen LogP contribution in [0.25, 0.3) is 22.2 Å². The van der Waals surface area contributed by atoms with Crippen molar-refractivity contribution in [3.63, 3.8) is 0 Å². The minimum atomic E-state index is -0.999. The zero-order valence-electron chi connectivity index (χ0n) is 27.2. The van der Waals surface area contributed by atoms with Crippen LogP contribution in [-0.2, 0) is 5.54 Å². The van der Waals surface area contributed by atoms with Crippen LogP contribution < -0.4 is 4.90 Å². The van der Waals surface area contributed by atoms with Crippen molar-refractivity contribution in [1.29, 1.82) is 0 Å². The molecule has 1 aliphatic rings. The predicted octanol–water partition coefficient (Wildman–Crippen LogP) is 7.13. The lowest BCUT2D eigenvalue weighted by Crippen LogP contribution is -2.61. The zero-order valence-corrected chi connectivity index (χ0v) is 27.9. The van der Waals surface area contributed by atoms with Crippen LogP contribution in [0.4, 0.5) is 10.2 Å². The van der Waals surface area contributed by atoms with Crippen LogP contribution >= 0.6 is 11.6 Å². The number of halogens is 2. The number of benzene rings is 1. The van der Waals surface area contributed by atoms with Crippen LogP contribution in [0.3, 0.4) is 0 Å². The summed E-state index contributed by atoms with van der Waals surface area (Å²) < 4.78 is 16.6. The van der Waals surface area contributed by atoms with Crippen LogP contribution in [-0.4, -0.2) is 66.6 Å². The highest BCUT2D eigenvalue weighted by Crippen LogP contribution is 2.37. The molecule has 0 bridgehead atoms. The van der Waals surface area contributed by atoms with Gasteiger partial charge in [-0.05, 0) is 95.1 Å². The Morgan fingerprint density at radius 2 is 1.79 bits per heavy atom. The third-order valence-electron chi connectivity index (χ3n) is 9.06. The number of amides is 1. The molecule has 6 rings (SSSR count). The van der Waals surface area contributed by atoms with Gasteiger partial charge < -0.3 is 19.5 Å². The molecule has 1 aromatic carbocycles. The summed E-state index contributed by atoms with van der Waals surface area (Å²) in [5, 5.41) is 10.4. The molecular formula is C36H36ClFN6O3. The Labute approximate surface area is 277 Å². The number of hydrogen-bond acceptors (Lipinski definition) is 6. The number of aromatic carboxylic acids is 1. The Hall–Kier alpha value is -4.83. The van der Waals surface area contributed by atoms with E-state index in [-0.39, 0.29) is 16.5 Å². The van der Waals surface area contributed by atoms with Crippen LogP contribution in [0.5, 0.6) is 0 Å². The summed E-state index contributed by atoms with van der Waals surface area (Å²) in [6, 6.07) is 15.8. The number of piperazine rings is 1. The molecule has 5 heterocycles. The molecule has 9 nitrogen and oxygen atoms in total. The van der Waals surface area contributed by atoms with Gasteiger partial charge >= 0.3 is 5.97 Å². The maximum Gasteiger partial charge on any atom is 0.337 e. The summed E-state index contributed by atoms with van der Waals surface area (Å²) in [6.45, 7) is 13.0. The second-order valence-corrected chi connectivity index (χ2v) is 13.5. The quantitative estimate of drug-likeness (QED) is 0.208. The number of aryl methyl sites for hydroxylation is 2. The van der Waals surface area contributed by atoms with Gasteiger partial charge in [-0.1, -0.05) is 23.7 Å². The van der Waals surface area contributed by atoms with Crippen molar-refractivity contribution in [1.82, 2.24) is 24.4 Å². The minimum absolute atomic E-state index is 0.0401. The summed E-state index contributed by atoms with van der Waals surface area (Å²) in [7, 11) is 0. The van der Waals surface area contributed by atoms with Gasteiger partial charge in [-0.2, -0.15) is 0 Å². The second kappa shape index (κ2) is 11.8. The van der Waals surface area contributed by atoms with E-state index in [4.69, 9.17) is 16.6 Å². The van der Waals surface area contributed by atoms with Gasteiger partial charge in [-0.25, -0.2) is 19.2 Å². The number of hydrogen-bond donors (Lipinski definition) is 1. The molecule has 242 valence electrons.